The molecule has 47 heavy (non-hydrogen) atoms. The van der Waals surface area contributed by atoms with Gasteiger partial charge in [0.05, 0.1) is 39.1 Å². The summed E-state index contributed by atoms with van der Waals surface area (Å²) in [6.07, 6.45) is -0.402. The first kappa shape index (κ1) is 34.4. The highest BCUT2D eigenvalue weighted by molar-refractivity contribution is 5.82. The second-order valence-corrected chi connectivity index (χ2v) is 12.9. The zero-order chi connectivity index (χ0) is 33.0. The summed E-state index contributed by atoms with van der Waals surface area (Å²) in [7, 11) is 6.26. The molecule has 1 N–H and O–H groups in total. The third-order valence-electron chi connectivity index (χ3n) is 8.87. The average Bonchev–Trinajstić information content (AvgIpc) is 3.08. The maximum absolute atomic E-state index is 12.3. The Labute approximate surface area is 279 Å². The van der Waals surface area contributed by atoms with Crippen LogP contribution in [0.3, 0.4) is 0 Å². The number of nitrogens with zero attached hydrogens (tertiary/aromatic N) is 3. The van der Waals surface area contributed by atoms with Gasteiger partial charge in [-0.2, -0.15) is 0 Å². The molecule has 0 aromatic heterocycles. The Morgan fingerprint density at radius 3 is 2.30 bits per heavy atom. The van der Waals surface area contributed by atoms with Crippen LogP contribution in [0.4, 0.5) is 4.79 Å². The summed E-state index contributed by atoms with van der Waals surface area (Å²) < 4.78 is 18.5. The lowest BCUT2D eigenvalue weighted by atomic mass is 9.78. The lowest BCUT2D eigenvalue weighted by molar-refractivity contribution is -0.0438. The van der Waals surface area contributed by atoms with Crippen molar-refractivity contribution in [2.24, 2.45) is 5.92 Å². The van der Waals surface area contributed by atoms with Crippen molar-refractivity contribution in [3.05, 3.63) is 114 Å². The number of likely N-dealkylation sites (tertiary alicyclic amines) is 1. The van der Waals surface area contributed by atoms with E-state index in [-0.39, 0.29) is 17.9 Å². The van der Waals surface area contributed by atoms with E-state index >= 15 is 0 Å². The Hall–Kier alpha value is -3.95. The molecule has 5 rings (SSSR count). The highest BCUT2D eigenvalue weighted by atomic mass is 16.5. The third kappa shape index (κ3) is 10.3. The first-order valence-corrected chi connectivity index (χ1v) is 16.6. The number of ether oxygens (including phenoxy) is 3. The summed E-state index contributed by atoms with van der Waals surface area (Å²) in [5, 5.41) is 12.5. The standard InChI is InChI=1S/C39H49N3O5/c1-40(2)20-21-41(3)25-35-26-42(39(43)44)27-37(47-29-31-14-15-32-12-7-8-13-34(32)24-31)38(35)33-16-18-36(19-17-33)46-23-9-22-45-28-30-10-5-4-6-11-30/h4-8,10-19,24,35,37-38H,9,20-23,25-29H2,1-3H3,(H,43,44). The summed E-state index contributed by atoms with van der Waals surface area (Å²) in [6, 6.07) is 33.1. The van der Waals surface area contributed by atoms with Gasteiger partial charge in [-0.15, -0.1) is 0 Å². The molecule has 1 saturated heterocycles. The van der Waals surface area contributed by atoms with E-state index in [1.807, 2.05) is 42.5 Å². The van der Waals surface area contributed by atoms with Crippen LogP contribution in [0.1, 0.15) is 29.0 Å². The van der Waals surface area contributed by atoms with Crippen LogP contribution in [0.25, 0.3) is 10.8 Å². The first-order chi connectivity index (χ1) is 22.9. The van der Waals surface area contributed by atoms with Crippen LogP contribution in [0.5, 0.6) is 5.75 Å². The number of benzene rings is 4. The Morgan fingerprint density at radius 1 is 0.809 bits per heavy atom. The number of fused-ring (bicyclic) bond motifs is 1. The molecule has 1 fully saturated rings. The molecule has 0 aliphatic carbocycles. The summed E-state index contributed by atoms with van der Waals surface area (Å²) in [5.41, 5.74) is 3.38. The molecular weight excluding hydrogens is 590 g/mol. The minimum atomic E-state index is -0.903. The highest BCUT2D eigenvalue weighted by Gasteiger charge is 2.40. The fraction of sp³-hybridized carbons (Fsp3) is 0.410. The van der Waals surface area contributed by atoms with Crippen LogP contribution in [0, 0.1) is 5.92 Å². The van der Waals surface area contributed by atoms with Gasteiger partial charge < -0.3 is 34.0 Å². The van der Waals surface area contributed by atoms with E-state index < -0.39 is 6.09 Å². The Kier molecular flexibility index (Phi) is 12.6. The van der Waals surface area contributed by atoms with Gasteiger partial charge >= 0.3 is 6.09 Å². The fourth-order valence-corrected chi connectivity index (χ4v) is 6.37. The number of piperidine rings is 1. The molecule has 8 heteroatoms. The third-order valence-corrected chi connectivity index (χ3v) is 8.87. The zero-order valence-corrected chi connectivity index (χ0v) is 28.0. The van der Waals surface area contributed by atoms with Crippen molar-refractivity contribution >= 4 is 16.9 Å². The maximum atomic E-state index is 12.3. The van der Waals surface area contributed by atoms with E-state index in [2.05, 4.69) is 85.5 Å². The van der Waals surface area contributed by atoms with Crippen molar-refractivity contribution in [1.82, 2.24) is 14.7 Å². The van der Waals surface area contributed by atoms with Gasteiger partial charge in [-0.1, -0.05) is 78.9 Å². The number of rotatable bonds is 16. The molecule has 1 heterocycles. The van der Waals surface area contributed by atoms with E-state index in [0.29, 0.717) is 39.5 Å². The SMILES string of the molecule is CN(C)CCN(C)CC1CN(C(=O)O)CC(OCc2ccc3ccccc3c2)C1c1ccc(OCCCOCc2ccccc2)cc1. The monoisotopic (exact) mass is 639 g/mol. The van der Waals surface area contributed by atoms with Crippen molar-refractivity contribution in [2.45, 2.75) is 31.7 Å². The maximum Gasteiger partial charge on any atom is 0.407 e. The predicted octanol–water partition coefficient (Wildman–Crippen LogP) is 6.60. The quantitative estimate of drug-likeness (QED) is 0.139. The number of amides is 1. The van der Waals surface area contributed by atoms with Crippen molar-refractivity contribution in [3.8, 4) is 5.75 Å². The number of likely N-dealkylation sites (N-methyl/N-ethyl adjacent to an activating group) is 2. The van der Waals surface area contributed by atoms with Crippen LogP contribution >= 0.6 is 0 Å². The highest BCUT2D eigenvalue weighted by Crippen LogP contribution is 2.37. The molecule has 3 atom stereocenters. The molecule has 0 spiro atoms. The van der Waals surface area contributed by atoms with Crippen LogP contribution in [-0.4, -0.2) is 99.1 Å². The van der Waals surface area contributed by atoms with Crippen molar-refractivity contribution < 1.29 is 24.1 Å². The molecular formula is C39H49N3O5. The molecule has 250 valence electrons. The minimum Gasteiger partial charge on any atom is -0.494 e. The van der Waals surface area contributed by atoms with Gasteiger partial charge in [0.25, 0.3) is 0 Å². The van der Waals surface area contributed by atoms with E-state index in [0.717, 1.165) is 42.9 Å². The molecule has 0 bridgehead atoms. The molecule has 1 aliphatic heterocycles. The Morgan fingerprint density at radius 2 is 1.55 bits per heavy atom. The van der Waals surface area contributed by atoms with Gasteiger partial charge in [-0.3, -0.25) is 0 Å². The van der Waals surface area contributed by atoms with Crippen LogP contribution in [-0.2, 0) is 22.7 Å². The molecule has 0 saturated carbocycles. The van der Waals surface area contributed by atoms with Crippen LogP contribution in [0.15, 0.2) is 97.1 Å². The van der Waals surface area contributed by atoms with Crippen LogP contribution in [0.2, 0.25) is 0 Å². The Balaban J connectivity index is 1.27. The van der Waals surface area contributed by atoms with Gasteiger partial charge in [-0.05, 0) is 72.7 Å². The smallest absolute Gasteiger partial charge is 0.407 e. The summed E-state index contributed by atoms with van der Waals surface area (Å²) in [6.45, 7) is 5.60. The molecule has 4 aromatic rings. The van der Waals surface area contributed by atoms with Crippen LogP contribution < -0.4 is 4.74 Å². The van der Waals surface area contributed by atoms with Gasteiger partial charge in [0.1, 0.15) is 5.75 Å². The lowest BCUT2D eigenvalue weighted by Gasteiger charge is -2.44. The largest absolute Gasteiger partial charge is 0.494 e. The Bertz CT molecular complexity index is 1530. The lowest BCUT2D eigenvalue weighted by Crippen LogP contribution is -2.53. The van der Waals surface area contributed by atoms with Gasteiger partial charge in [0.15, 0.2) is 0 Å². The molecule has 1 amide bonds. The van der Waals surface area contributed by atoms with Gasteiger partial charge in [0, 0.05) is 38.5 Å². The van der Waals surface area contributed by atoms with E-state index in [9.17, 15) is 9.90 Å². The number of carbonyl (C=O) groups is 1. The molecule has 3 unspecified atom stereocenters. The minimum absolute atomic E-state index is 0.0216. The summed E-state index contributed by atoms with van der Waals surface area (Å²) in [4.78, 5) is 18.3. The number of hydrogen-bond acceptors (Lipinski definition) is 6. The zero-order valence-electron chi connectivity index (χ0n) is 28.0. The van der Waals surface area contributed by atoms with Crippen molar-refractivity contribution in [2.75, 3.05) is 67.1 Å². The second kappa shape index (κ2) is 17.3. The molecule has 1 aliphatic rings. The molecule has 4 aromatic carbocycles. The molecule has 8 nitrogen and oxygen atoms in total. The normalized spacial score (nSPS) is 18.2. The van der Waals surface area contributed by atoms with Gasteiger partial charge in [-0.25, -0.2) is 4.79 Å². The van der Waals surface area contributed by atoms with Gasteiger partial charge in [0.2, 0.25) is 0 Å². The van der Waals surface area contributed by atoms with E-state index in [4.69, 9.17) is 14.2 Å². The fourth-order valence-electron chi connectivity index (χ4n) is 6.37. The summed E-state index contributed by atoms with van der Waals surface area (Å²) >= 11 is 0. The molecule has 0 radical (unpaired) electrons. The van der Waals surface area contributed by atoms with Crippen molar-refractivity contribution in [3.63, 3.8) is 0 Å². The first-order valence-electron chi connectivity index (χ1n) is 16.6. The number of carboxylic acid groups (broad SMARTS) is 1. The predicted molar refractivity (Wildman–Crippen MR) is 187 cm³/mol. The summed E-state index contributed by atoms with van der Waals surface area (Å²) in [5.74, 6) is 0.892. The van der Waals surface area contributed by atoms with E-state index in [1.54, 1.807) is 0 Å². The topological polar surface area (TPSA) is 74.7 Å². The average molecular weight is 640 g/mol. The van der Waals surface area contributed by atoms with E-state index in [1.165, 1.54) is 21.2 Å². The van der Waals surface area contributed by atoms with Crippen molar-refractivity contribution in [1.29, 1.82) is 0 Å². The number of hydrogen-bond donors (Lipinski definition) is 1. The second-order valence-electron chi connectivity index (χ2n) is 12.9.